The predicted molar refractivity (Wildman–Crippen MR) is 52.9 cm³/mol. The Labute approximate surface area is 83.1 Å². The van der Waals surface area contributed by atoms with Crippen LogP contribution in [-0.4, -0.2) is 25.2 Å². The van der Waals surface area contributed by atoms with Gasteiger partial charge in [-0.3, -0.25) is 4.79 Å². The van der Waals surface area contributed by atoms with Gasteiger partial charge in [-0.05, 0) is 5.56 Å². The van der Waals surface area contributed by atoms with Gasteiger partial charge in [0.1, 0.15) is 0 Å². The zero-order valence-corrected chi connectivity index (χ0v) is 7.90. The molecule has 0 atom stereocenters. The number of hydrogen-bond acceptors (Lipinski definition) is 2. The summed E-state index contributed by atoms with van der Waals surface area (Å²) in [5.74, 6) is 0.0736. The van der Waals surface area contributed by atoms with Crippen molar-refractivity contribution in [2.45, 2.75) is 12.5 Å². The second-order valence-corrected chi connectivity index (χ2v) is 3.46. The van der Waals surface area contributed by atoms with Crippen molar-refractivity contribution in [1.29, 1.82) is 0 Å². The minimum Gasteiger partial charge on any atom is -0.377 e. The van der Waals surface area contributed by atoms with Crippen molar-refractivity contribution in [2.75, 3.05) is 13.2 Å². The van der Waals surface area contributed by atoms with Gasteiger partial charge >= 0.3 is 0 Å². The van der Waals surface area contributed by atoms with Crippen LogP contribution in [0.2, 0.25) is 0 Å². The molecule has 0 radical (unpaired) electrons. The smallest absolute Gasteiger partial charge is 0.224 e. The van der Waals surface area contributed by atoms with Gasteiger partial charge in [-0.25, -0.2) is 0 Å². The Morgan fingerprint density at radius 2 is 2.07 bits per heavy atom. The second-order valence-electron chi connectivity index (χ2n) is 3.46. The fourth-order valence-corrected chi connectivity index (χ4v) is 1.38. The number of carbonyl (C=O) groups is 1. The van der Waals surface area contributed by atoms with E-state index < -0.39 is 0 Å². The molecule has 3 nitrogen and oxygen atoms in total. The zero-order chi connectivity index (χ0) is 9.80. The van der Waals surface area contributed by atoms with Gasteiger partial charge in [-0.15, -0.1) is 0 Å². The molecule has 1 fully saturated rings. The average Bonchev–Trinajstić information content (AvgIpc) is 2.13. The number of rotatable bonds is 3. The molecule has 1 aliphatic rings. The normalized spacial score (nSPS) is 16.0. The molecule has 0 aromatic heterocycles. The van der Waals surface area contributed by atoms with Crippen LogP contribution in [0.5, 0.6) is 0 Å². The Kier molecular flexibility index (Phi) is 2.79. The lowest BCUT2D eigenvalue weighted by Gasteiger charge is -2.26. The summed E-state index contributed by atoms with van der Waals surface area (Å²) >= 11 is 0. The van der Waals surface area contributed by atoms with Crippen molar-refractivity contribution in [2.24, 2.45) is 0 Å². The Hall–Kier alpha value is -1.35. The van der Waals surface area contributed by atoms with Crippen LogP contribution >= 0.6 is 0 Å². The first-order valence-corrected chi connectivity index (χ1v) is 4.75. The molecule has 1 aliphatic heterocycles. The Morgan fingerprint density at radius 3 is 2.64 bits per heavy atom. The van der Waals surface area contributed by atoms with E-state index in [4.69, 9.17) is 4.74 Å². The van der Waals surface area contributed by atoms with Gasteiger partial charge in [0.2, 0.25) is 5.91 Å². The number of nitrogens with one attached hydrogen (secondary N) is 1. The standard InChI is InChI=1S/C11H13NO2/c13-11(12-10-7-14-8-10)6-9-4-2-1-3-5-9/h1-5,10H,6-8H2,(H,12,13). The second kappa shape index (κ2) is 4.24. The summed E-state index contributed by atoms with van der Waals surface area (Å²) in [6, 6.07) is 9.96. The minimum absolute atomic E-state index is 0.0736. The highest BCUT2D eigenvalue weighted by Crippen LogP contribution is 2.02. The van der Waals surface area contributed by atoms with Crippen LogP contribution in [0.1, 0.15) is 5.56 Å². The van der Waals surface area contributed by atoms with E-state index in [-0.39, 0.29) is 11.9 Å². The highest BCUT2D eigenvalue weighted by molar-refractivity contribution is 5.78. The molecule has 14 heavy (non-hydrogen) atoms. The summed E-state index contributed by atoms with van der Waals surface area (Å²) < 4.78 is 4.97. The molecule has 0 saturated carbocycles. The van der Waals surface area contributed by atoms with E-state index in [0.29, 0.717) is 19.6 Å². The van der Waals surface area contributed by atoms with Crippen molar-refractivity contribution in [3.8, 4) is 0 Å². The molecule has 2 rings (SSSR count). The van der Waals surface area contributed by atoms with Crippen molar-refractivity contribution in [3.63, 3.8) is 0 Å². The maximum atomic E-state index is 11.4. The lowest BCUT2D eigenvalue weighted by atomic mass is 10.1. The van der Waals surface area contributed by atoms with E-state index >= 15 is 0 Å². The third kappa shape index (κ3) is 2.33. The van der Waals surface area contributed by atoms with Crippen molar-refractivity contribution in [1.82, 2.24) is 5.32 Å². The van der Waals surface area contributed by atoms with E-state index in [1.54, 1.807) is 0 Å². The van der Waals surface area contributed by atoms with E-state index in [2.05, 4.69) is 5.32 Å². The number of carbonyl (C=O) groups excluding carboxylic acids is 1. The highest BCUT2D eigenvalue weighted by Gasteiger charge is 2.19. The Morgan fingerprint density at radius 1 is 1.36 bits per heavy atom. The molecule has 1 amide bonds. The van der Waals surface area contributed by atoms with Gasteiger partial charge in [0.15, 0.2) is 0 Å². The quantitative estimate of drug-likeness (QED) is 0.765. The number of ether oxygens (including phenoxy) is 1. The molecule has 1 N–H and O–H groups in total. The molecule has 0 spiro atoms. The van der Waals surface area contributed by atoms with Gasteiger partial charge < -0.3 is 10.1 Å². The molecule has 74 valence electrons. The third-order valence-corrected chi connectivity index (χ3v) is 2.21. The van der Waals surface area contributed by atoms with E-state index in [1.807, 2.05) is 30.3 Å². The van der Waals surface area contributed by atoms with Crippen LogP contribution in [0.15, 0.2) is 30.3 Å². The first-order chi connectivity index (χ1) is 6.84. The summed E-state index contributed by atoms with van der Waals surface area (Å²) in [6.07, 6.45) is 0.456. The van der Waals surface area contributed by atoms with Gasteiger partial charge in [-0.2, -0.15) is 0 Å². The largest absolute Gasteiger partial charge is 0.377 e. The fraction of sp³-hybridized carbons (Fsp3) is 0.364. The molecule has 1 saturated heterocycles. The first-order valence-electron chi connectivity index (χ1n) is 4.75. The van der Waals surface area contributed by atoms with Crippen LogP contribution in [-0.2, 0) is 16.0 Å². The predicted octanol–water partition coefficient (Wildman–Crippen LogP) is 0.744. The molecule has 0 aliphatic carbocycles. The van der Waals surface area contributed by atoms with Crippen LogP contribution < -0.4 is 5.32 Å². The van der Waals surface area contributed by atoms with Gasteiger partial charge in [0.05, 0.1) is 25.7 Å². The third-order valence-electron chi connectivity index (χ3n) is 2.21. The van der Waals surface area contributed by atoms with E-state index in [1.165, 1.54) is 0 Å². The average molecular weight is 191 g/mol. The fourth-order valence-electron chi connectivity index (χ4n) is 1.38. The number of hydrogen-bond donors (Lipinski definition) is 1. The topological polar surface area (TPSA) is 38.3 Å². The highest BCUT2D eigenvalue weighted by atomic mass is 16.5. The maximum Gasteiger partial charge on any atom is 0.224 e. The van der Waals surface area contributed by atoms with Crippen molar-refractivity contribution >= 4 is 5.91 Å². The lowest BCUT2D eigenvalue weighted by molar-refractivity contribution is -0.124. The van der Waals surface area contributed by atoms with Crippen LogP contribution in [0, 0.1) is 0 Å². The molecule has 0 bridgehead atoms. The zero-order valence-electron chi connectivity index (χ0n) is 7.90. The number of benzene rings is 1. The summed E-state index contributed by atoms with van der Waals surface area (Å²) in [6.45, 7) is 1.31. The molecule has 3 heteroatoms. The first kappa shape index (κ1) is 9.21. The van der Waals surface area contributed by atoms with Crippen LogP contribution in [0.4, 0.5) is 0 Å². The molecule has 1 heterocycles. The SMILES string of the molecule is O=C(Cc1ccccc1)NC1COC1. The molecule has 0 unspecified atom stereocenters. The molecule has 1 aromatic carbocycles. The van der Waals surface area contributed by atoms with E-state index in [9.17, 15) is 4.79 Å². The lowest BCUT2D eigenvalue weighted by Crippen LogP contribution is -2.49. The number of amides is 1. The molecular weight excluding hydrogens is 178 g/mol. The van der Waals surface area contributed by atoms with Crippen LogP contribution in [0.25, 0.3) is 0 Å². The maximum absolute atomic E-state index is 11.4. The van der Waals surface area contributed by atoms with Crippen molar-refractivity contribution in [3.05, 3.63) is 35.9 Å². The molecular formula is C11H13NO2. The summed E-state index contributed by atoms with van der Waals surface area (Å²) in [4.78, 5) is 11.4. The summed E-state index contributed by atoms with van der Waals surface area (Å²) in [7, 11) is 0. The Bertz CT molecular complexity index is 306. The van der Waals surface area contributed by atoms with Crippen LogP contribution in [0.3, 0.4) is 0 Å². The Balaban J connectivity index is 1.82. The monoisotopic (exact) mass is 191 g/mol. The summed E-state index contributed by atoms with van der Waals surface area (Å²) in [5, 5.41) is 2.90. The van der Waals surface area contributed by atoms with Gasteiger partial charge in [0, 0.05) is 0 Å². The van der Waals surface area contributed by atoms with Gasteiger partial charge in [0.25, 0.3) is 0 Å². The summed E-state index contributed by atoms with van der Waals surface area (Å²) in [5.41, 5.74) is 1.05. The molecule has 1 aromatic rings. The van der Waals surface area contributed by atoms with Gasteiger partial charge in [-0.1, -0.05) is 30.3 Å². The van der Waals surface area contributed by atoms with E-state index in [0.717, 1.165) is 5.56 Å². The van der Waals surface area contributed by atoms with Crippen molar-refractivity contribution < 1.29 is 9.53 Å². The minimum atomic E-state index is 0.0736.